The van der Waals surface area contributed by atoms with Gasteiger partial charge in [-0.25, -0.2) is 13.1 Å². The lowest BCUT2D eigenvalue weighted by Crippen LogP contribution is -2.39. The third-order valence-corrected chi connectivity index (χ3v) is 8.54. The first-order valence-corrected chi connectivity index (χ1v) is 14.3. The highest BCUT2D eigenvalue weighted by Crippen LogP contribution is 2.31. The fourth-order valence-electron chi connectivity index (χ4n) is 4.91. The normalized spacial score (nSPS) is 16.4. The number of nitrogens with one attached hydrogen (secondary N) is 2. The molecule has 0 unspecified atom stereocenters. The molecule has 4 rings (SSSR count). The van der Waals surface area contributed by atoms with Gasteiger partial charge in [0.25, 0.3) is 0 Å². The smallest absolute Gasteiger partial charge is 0.240 e. The first-order chi connectivity index (χ1) is 18.3. The Morgan fingerprint density at radius 3 is 2.34 bits per heavy atom. The fourth-order valence-corrected chi connectivity index (χ4v) is 5.98. The quantitative estimate of drug-likeness (QED) is 0.339. The Hall–Kier alpha value is -3.33. The van der Waals surface area contributed by atoms with E-state index in [9.17, 15) is 18.0 Å². The van der Waals surface area contributed by atoms with Crippen molar-refractivity contribution < 1.29 is 22.7 Å². The number of carbonyl (C=O) groups is 2. The number of benzene rings is 3. The molecule has 1 aliphatic carbocycles. The third kappa shape index (κ3) is 6.95. The van der Waals surface area contributed by atoms with Crippen LogP contribution in [0.25, 0.3) is 0 Å². The predicted molar refractivity (Wildman–Crippen MR) is 146 cm³/mol. The lowest BCUT2D eigenvalue weighted by molar-refractivity contribution is -0.127. The summed E-state index contributed by atoms with van der Waals surface area (Å²) < 4.78 is 33.9. The summed E-state index contributed by atoms with van der Waals surface area (Å²) in [6, 6.07) is 23.7. The van der Waals surface area contributed by atoms with Gasteiger partial charge in [-0.05, 0) is 61.4 Å². The molecule has 0 saturated carbocycles. The summed E-state index contributed by atoms with van der Waals surface area (Å²) in [5, 5.41) is 3.24. The second kappa shape index (κ2) is 12.5. The summed E-state index contributed by atoms with van der Waals surface area (Å²) in [5.74, 6) is -0.611. The zero-order valence-corrected chi connectivity index (χ0v) is 22.5. The number of Topliss-reactive ketones (excluding diaryl/α,β-unsaturated/α-hetero) is 1. The van der Waals surface area contributed by atoms with Crippen molar-refractivity contribution in [3.8, 4) is 0 Å². The molecule has 8 heteroatoms. The van der Waals surface area contributed by atoms with Crippen LogP contribution in [0.15, 0.2) is 83.8 Å². The maximum Gasteiger partial charge on any atom is 0.240 e. The molecule has 2 N–H and O–H groups in total. The minimum absolute atomic E-state index is 0.0120. The molecule has 7 nitrogen and oxygen atoms in total. The van der Waals surface area contributed by atoms with Crippen LogP contribution in [-0.2, 0) is 32.4 Å². The number of rotatable bonds is 12. The molecular weight excluding hydrogens is 500 g/mol. The van der Waals surface area contributed by atoms with E-state index in [-0.39, 0.29) is 29.2 Å². The molecule has 3 aromatic rings. The first-order valence-electron chi connectivity index (χ1n) is 12.8. The van der Waals surface area contributed by atoms with Gasteiger partial charge in [0.05, 0.1) is 17.0 Å². The average molecular weight is 535 g/mol. The number of ether oxygens (including phenoxy) is 1. The van der Waals surface area contributed by atoms with Crippen molar-refractivity contribution in [1.29, 1.82) is 0 Å². The molecule has 1 amide bonds. The van der Waals surface area contributed by atoms with Crippen molar-refractivity contribution in [2.75, 3.05) is 13.7 Å². The predicted octanol–water partition coefficient (Wildman–Crippen LogP) is 4.24. The van der Waals surface area contributed by atoms with Gasteiger partial charge in [-0.15, -0.1) is 0 Å². The Bertz CT molecular complexity index is 1360. The van der Waals surface area contributed by atoms with Crippen LogP contribution in [0.1, 0.15) is 52.9 Å². The number of sulfonamides is 1. The molecule has 200 valence electrons. The molecule has 0 spiro atoms. The van der Waals surface area contributed by atoms with Crippen molar-refractivity contribution in [3.63, 3.8) is 0 Å². The molecule has 3 atom stereocenters. The molecule has 0 bridgehead atoms. The summed E-state index contributed by atoms with van der Waals surface area (Å²) in [4.78, 5) is 25.1. The monoisotopic (exact) mass is 534 g/mol. The molecule has 0 fully saturated rings. The van der Waals surface area contributed by atoms with Gasteiger partial charge in [0.15, 0.2) is 5.78 Å². The number of ketones is 1. The van der Waals surface area contributed by atoms with Gasteiger partial charge < -0.3 is 10.1 Å². The topological polar surface area (TPSA) is 102 Å². The maximum atomic E-state index is 13.5. The Kier molecular flexibility index (Phi) is 9.09. The average Bonchev–Trinajstić information content (AvgIpc) is 3.33. The largest absolute Gasteiger partial charge is 0.380 e. The summed E-state index contributed by atoms with van der Waals surface area (Å²) >= 11 is 0. The van der Waals surface area contributed by atoms with E-state index in [1.54, 1.807) is 0 Å². The minimum Gasteiger partial charge on any atom is -0.380 e. The van der Waals surface area contributed by atoms with Gasteiger partial charge in [0.1, 0.15) is 0 Å². The Morgan fingerprint density at radius 2 is 1.66 bits per heavy atom. The van der Waals surface area contributed by atoms with Crippen LogP contribution in [-0.4, -0.2) is 39.9 Å². The van der Waals surface area contributed by atoms with Gasteiger partial charge in [0.2, 0.25) is 15.9 Å². The number of aryl methyl sites for hydroxylation is 1. The zero-order valence-electron chi connectivity index (χ0n) is 21.7. The van der Waals surface area contributed by atoms with Gasteiger partial charge in [0, 0.05) is 25.1 Å². The third-order valence-electron chi connectivity index (χ3n) is 7.10. The van der Waals surface area contributed by atoms with E-state index in [1.165, 1.54) is 43.9 Å². The highest BCUT2D eigenvalue weighted by Gasteiger charge is 2.29. The van der Waals surface area contributed by atoms with Crippen LogP contribution in [0.4, 0.5) is 0 Å². The van der Waals surface area contributed by atoms with Gasteiger partial charge in [-0.3, -0.25) is 9.59 Å². The molecule has 0 radical (unpaired) electrons. The maximum absolute atomic E-state index is 13.5. The minimum atomic E-state index is -3.82. The number of hydrogen-bond donors (Lipinski definition) is 2. The first kappa shape index (κ1) is 27.7. The number of fused-ring (bicyclic) bond motifs is 1. The second-order valence-corrected chi connectivity index (χ2v) is 11.5. The molecular formula is C30H34N2O5S. The number of carbonyl (C=O) groups excluding carboxylic acids is 2. The van der Waals surface area contributed by atoms with Crippen LogP contribution < -0.4 is 10.0 Å². The van der Waals surface area contributed by atoms with Crippen molar-refractivity contribution in [2.45, 2.75) is 49.6 Å². The summed E-state index contributed by atoms with van der Waals surface area (Å²) in [6.45, 7) is 1.44. The van der Waals surface area contributed by atoms with E-state index >= 15 is 0 Å². The SMILES string of the molecule is CO[C@H](CNS(=O)(=O)c1ccc(C(C)=O)cc1)C[C@@H](Cc1ccccc1)C(=O)N[C@@H]1CCc2ccccc21. The van der Waals surface area contributed by atoms with Crippen molar-refractivity contribution >= 4 is 21.7 Å². The summed E-state index contributed by atoms with van der Waals surface area (Å²) in [5.41, 5.74) is 3.89. The van der Waals surface area contributed by atoms with E-state index < -0.39 is 22.0 Å². The molecule has 38 heavy (non-hydrogen) atoms. The van der Waals surface area contributed by atoms with Crippen LogP contribution in [0, 0.1) is 5.92 Å². The van der Waals surface area contributed by atoms with E-state index in [0.717, 1.165) is 24.0 Å². The van der Waals surface area contributed by atoms with Crippen LogP contribution in [0.3, 0.4) is 0 Å². The highest BCUT2D eigenvalue weighted by atomic mass is 32.2. The Morgan fingerprint density at radius 1 is 0.974 bits per heavy atom. The van der Waals surface area contributed by atoms with Crippen molar-refractivity contribution in [2.24, 2.45) is 5.92 Å². The number of methoxy groups -OCH3 is 1. The van der Waals surface area contributed by atoms with E-state index in [1.807, 2.05) is 42.5 Å². The molecule has 0 aliphatic heterocycles. The molecule has 0 aromatic heterocycles. The van der Waals surface area contributed by atoms with E-state index in [0.29, 0.717) is 18.4 Å². The van der Waals surface area contributed by atoms with Gasteiger partial charge in [-0.2, -0.15) is 0 Å². The van der Waals surface area contributed by atoms with Gasteiger partial charge >= 0.3 is 0 Å². The van der Waals surface area contributed by atoms with E-state index in [4.69, 9.17) is 4.74 Å². The lowest BCUT2D eigenvalue weighted by atomic mass is 9.92. The molecule has 0 heterocycles. The standard InChI is InChI=1S/C30H34N2O5S/c1-21(33)23-12-15-27(16-13-23)38(35,36)31-20-26(37-2)19-25(18-22-8-4-3-5-9-22)30(34)32-29-17-14-24-10-6-7-11-28(24)29/h3-13,15-16,25-26,29,31H,14,17-20H2,1-2H3,(H,32,34)/t25-,26+,29-/m1/s1. The highest BCUT2D eigenvalue weighted by molar-refractivity contribution is 7.89. The molecule has 0 saturated heterocycles. The molecule has 1 aliphatic rings. The van der Waals surface area contributed by atoms with Crippen molar-refractivity contribution in [1.82, 2.24) is 10.0 Å². The summed E-state index contributed by atoms with van der Waals surface area (Å²) in [7, 11) is -2.30. The number of hydrogen-bond acceptors (Lipinski definition) is 5. The fraction of sp³-hybridized carbons (Fsp3) is 0.333. The van der Waals surface area contributed by atoms with Crippen LogP contribution in [0.2, 0.25) is 0 Å². The number of amides is 1. The van der Waals surface area contributed by atoms with Crippen LogP contribution >= 0.6 is 0 Å². The molecule has 3 aromatic carbocycles. The Labute approximate surface area is 224 Å². The lowest BCUT2D eigenvalue weighted by Gasteiger charge is -2.25. The van der Waals surface area contributed by atoms with Gasteiger partial charge in [-0.1, -0.05) is 66.7 Å². The summed E-state index contributed by atoms with van der Waals surface area (Å²) in [6.07, 6.45) is 2.13. The zero-order chi connectivity index (χ0) is 27.1. The second-order valence-electron chi connectivity index (χ2n) is 9.71. The van der Waals surface area contributed by atoms with Crippen molar-refractivity contribution in [3.05, 3.63) is 101 Å². The van der Waals surface area contributed by atoms with E-state index in [2.05, 4.69) is 22.2 Å². The Balaban J connectivity index is 1.45. The van der Waals surface area contributed by atoms with Crippen LogP contribution in [0.5, 0.6) is 0 Å².